The van der Waals surface area contributed by atoms with E-state index in [1.54, 1.807) is 12.1 Å². The minimum Gasteiger partial charge on any atom is -0.363 e. The maximum absolute atomic E-state index is 14.9. The molecule has 8 atom stereocenters. The fourth-order valence-electron chi connectivity index (χ4n) is 13.8. The quantitative estimate of drug-likeness (QED) is 0.108. The van der Waals surface area contributed by atoms with Gasteiger partial charge in [0, 0.05) is 42.2 Å². The Balaban J connectivity index is 0.758. The molecule has 6 fully saturated rings. The highest BCUT2D eigenvalue weighted by atomic mass is 19.1. The third-order valence-corrected chi connectivity index (χ3v) is 17.4. The van der Waals surface area contributed by atoms with Gasteiger partial charge >= 0.3 is 0 Å². The van der Waals surface area contributed by atoms with Gasteiger partial charge in [0.2, 0.25) is 23.6 Å². The van der Waals surface area contributed by atoms with E-state index in [0.717, 1.165) is 118 Å². The first-order chi connectivity index (χ1) is 36.3. The van der Waals surface area contributed by atoms with Crippen LogP contribution in [0.1, 0.15) is 124 Å². The van der Waals surface area contributed by atoms with Gasteiger partial charge in [0.25, 0.3) is 0 Å². The summed E-state index contributed by atoms with van der Waals surface area (Å²) in [6.07, 6.45) is 14.1. The predicted octanol–water partition coefficient (Wildman–Crippen LogP) is 10.9. The average molecular weight is 998 g/mol. The van der Waals surface area contributed by atoms with Crippen LogP contribution < -0.4 is 15.5 Å². The van der Waals surface area contributed by atoms with Crippen LogP contribution in [0.5, 0.6) is 0 Å². The molecule has 4 amide bonds. The molecule has 2 aliphatic carbocycles. The smallest absolute Gasteiger partial charge is 0.247 e. The third kappa shape index (κ3) is 10.8. The Hall–Kier alpha value is -6.37. The number of nitrogens with one attached hydrogen (secondary N) is 2. The lowest BCUT2D eigenvalue weighted by atomic mass is 9.99. The second-order valence-electron chi connectivity index (χ2n) is 22.0. The second kappa shape index (κ2) is 22.6. The van der Waals surface area contributed by atoms with Crippen molar-refractivity contribution in [1.82, 2.24) is 19.6 Å². The van der Waals surface area contributed by atoms with Crippen molar-refractivity contribution in [2.45, 2.75) is 139 Å². The van der Waals surface area contributed by atoms with Gasteiger partial charge in [-0.15, -0.1) is 0 Å². The van der Waals surface area contributed by atoms with Crippen molar-refractivity contribution >= 4 is 40.7 Å². The molecule has 4 aliphatic heterocycles. The summed E-state index contributed by atoms with van der Waals surface area (Å²) in [6.45, 7) is 4.53. The summed E-state index contributed by atoms with van der Waals surface area (Å²) in [5, 5.41) is 6.40. The molecule has 0 unspecified atom stereocenters. The minimum absolute atomic E-state index is 0.0506. The molecule has 74 heavy (non-hydrogen) atoms. The number of halogens is 1. The SMILES string of the molecule is O=C(Nc1ccc(CN(Cc2ccc(NC(=O)[C@@H]3C[C@@H]4CCC[C@@H]4N3C(=O)[C@@H](c3ccccc3)N3CCCCC3)cc2)c2ccc(F)cc2)cc1)[C@@H]1C[C@@H]2CCC[C@@H]2N1C(=O)[C@@H](c1ccccc1)N1CCCCC1. The zero-order valence-corrected chi connectivity index (χ0v) is 42.7. The first-order valence-electron chi connectivity index (χ1n) is 27.8. The number of carbonyl (C=O) groups is 4. The van der Waals surface area contributed by atoms with E-state index in [1.165, 1.54) is 25.0 Å². The predicted molar refractivity (Wildman–Crippen MR) is 288 cm³/mol. The summed E-state index contributed by atoms with van der Waals surface area (Å²) < 4.78 is 14.3. The number of hydrogen-bond acceptors (Lipinski definition) is 7. The van der Waals surface area contributed by atoms with Gasteiger partial charge < -0.3 is 25.3 Å². The fourth-order valence-corrected chi connectivity index (χ4v) is 13.8. The van der Waals surface area contributed by atoms with Gasteiger partial charge in [-0.25, -0.2) is 4.39 Å². The molecule has 11 nitrogen and oxygen atoms in total. The zero-order chi connectivity index (χ0) is 50.5. The molecule has 0 radical (unpaired) electrons. The van der Waals surface area contributed by atoms with Crippen LogP contribution in [-0.2, 0) is 32.3 Å². The lowest BCUT2D eigenvalue weighted by Crippen LogP contribution is -2.52. The van der Waals surface area contributed by atoms with Gasteiger partial charge in [0.1, 0.15) is 30.0 Å². The average Bonchev–Trinajstić information content (AvgIpc) is 4.24. The maximum Gasteiger partial charge on any atom is 0.247 e. The summed E-state index contributed by atoms with van der Waals surface area (Å²) in [5.41, 5.74) is 6.21. The van der Waals surface area contributed by atoms with E-state index < -0.39 is 24.2 Å². The minimum atomic E-state index is -0.537. The first kappa shape index (κ1) is 49.8. The Bertz CT molecular complexity index is 2550. The molecule has 6 aliphatic rings. The molecule has 0 bridgehead atoms. The molecular weight excluding hydrogens is 926 g/mol. The Morgan fingerprint density at radius 2 is 0.892 bits per heavy atom. The highest BCUT2D eigenvalue weighted by Gasteiger charge is 2.52. The van der Waals surface area contributed by atoms with Crippen LogP contribution in [0.2, 0.25) is 0 Å². The summed E-state index contributed by atoms with van der Waals surface area (Å²) in [4.78, 5) is 69.2. The number of fused-ring (bicyclic) bond motifs is 2. The molecule has 2 N–H and O–H groups in total. The molecular formula is C62H72FN7O4. The van der Waals surface area contributed by atoms with E-state index in [2.05, 4.69) is 49.6 Å². The topological polar surface area (TPSA) is 109 Å². The third-order valence-electron chi connectivity index (χ3n) is 17.4. The molecule has 0 spiro atoms. The number of likely N-dealkylation sites (tertiary alicyclic amines) is 4. The van der Waals surface area contributed by atoms with Crippen LogP contribution >= 0.6 is 0 Å². The highest BCUT2D eigenvalue weighted by Crippen LogP contribution is 2.45. The normalized spacial score (nSPS) is 24.7. The van der Waals surface area contributed by atoms with Gasteiger partial charge in [-0.05, 0) is 173 Å². The van der Waals surface area contributed by atoms with Gasteiger partial charge in [-0.3, -0.25) is 29.0 Å². The monoisotopic (exact) mass is 998 g/mol. The summed E-state index contributed by atoms with van der Waals surface area (Å²) in [7, 11) is 0. The van der Waals surface area contributed by atoms with Gasteiger partial charge in [-0.2, -0.15) is 0 Å². The van der Waals surface area contributed by atoms with E-state index >= 15 is 0 Å². The number of carbonyl (C=O) groups excluding carboxylic acids is 4. The Morgan fingerprint density at radius 1 is 0.486 bits per heavy atom. The van der Waals surface area contributed by atoms with Crippen molar-refractivity contribution in [3.63, 3.8) is 0 Å². The van der Waals surface area contributed by atoms with Crippen LogP contribution in [0.3, 0.4) is 0 Å². The number of benzene rings is 5. The van der Waals surface area contributed by atoms with Gasteiger partial charge in [0.05, 0.1) is 0 Å². The van der Waals surface area contributed by atoms with E-state index in [-0.39, 0.29) is 41.5 Å². The van der Waals surface area contributed by atoms with Crippen molar-refractivity contribution in [3.05, 3.63) is 162 Å². The van der Waals surface area contributed by atoms with Crippen molar-refractivity contribution in [1.29, 1.82) is 0 Å². The molecule has 386 valence electrons. The van der Waals surface area contributed by atoms with E-state index in [0.29, 0.717) is 49.1 Å². The Morgan fingerprint density at radius 3 is 1.30 bits per heavy atom. The number of nitrogens with zero attached hydrogens (tertiary/aromatic N) is 5. The van der Waals surface area contributed by atoms with E-state index in [1.807, 2.05) is 94.7 Å². The Kier molecular flexibility index (Phi) is 15.2. The summed E-state index contributed by atoms with van der Waals surface area (Å²) >= 11 is 0. The number of anilines is 3. The molecule has 12 heteroatoms. The first-order valence-corrected chi connectivity index (χ1v) is 27.8. The van der Waals surface area contributed by atoms with Crippen molar-refractivity contribution in [2.75, 3.05) is 41.7 Å². The number of rotatable bonds is 15. The molecule has 4 saturated heterocycles. The van der Waals surface area contributed by atoms with Crippen LogP contribution in [0.15, 0.2) is 133 Å². The zero-order valence-electron chi connectivity index (χ0n) is 42.7. The van der Waals surface area contributed by atoms with E-state index in [4.69, 9.17) is 0 Å². The highest BCUT2D eigenvalue weighted by molar-refractivity contribution is 5.99. The standard InChI is InChI=1S/C62H72FN7O4/c63-49-27-33-52(34-28-49)68(41-43-23-29-50(30-24-43)64-59(71)55-39-47-19-13-21-53(47)69(55)61(73)57(45-15-5-1-6-16-45)66-35-9-3-10-36-66)42-44-25-31-51(32-26-44)65-60(72)56-40-48-20-14-22-54(48)70(56)62(74)58(46-17-7-2-8-18-46)67-37-11-4-12-38-67/h1-2,5-8,15-18,23-34,47-48,53-58H,3-4,9-14,19-22,35-42H2,(H,64,71)(H,65,72)/t47-,48-,53-,54-,55-,56-,57+,58+/m0/s1. The van der Waals surface area contributed by atoms with Crippen molar-refractivity contribution in [3.8, 4) is 0 Å². The lowest BCUT2D eigenvalue weighted by Gasteiger charge is -2.39. The number of amides is 4. The molecule has 4 heterocycles. The number of hydrogen-bond donors (Lipinski definition) is 2. The van der Waals surface area contributed by atoms with Crippen LogP contribution in [0, 0.1) is 17.7 Å². The molecule has 2 saturated carbocycles. The second-order valence-corrected chi connectivity index (χ2v) is 22.0. The largest absolute Gasteiger partial charge is 0.363 e. The van der Waals surface area contributed by atoms with Crippen LogP contribution in [0.4, 0.5) is 21.5 Å². The van der Waals surface area contributed by atoms with Gasteiger partial charge in [0.15, 0.2) is 0 Å². The van der Waals surface area contributed by atoms with E-state index in [9.17, 15) is 23.6 Å². The molecule has 11 rings (SSSR count). The Labute approximate surface area is 436 Å². The van der Waals surface area contributed by atoms with Gasteiger partial charge in [-0.1, -0.05) is 111 Å². The van der Waals surface area contributed by atoms with Crippen molar-refractivity contribution in [2.24, 2.45) is 11.8 Å². The number of piperidine rings is 2. The van der Waals surface area contributed by atoms with Crippen molar-refractivity contribution < 1.29 is 23.6 Å². The van der Waals surface area contributed by atoms with Crippen LogP contribution in [-0.4, -0.2) is 93.6 Å². The molecule has 5 aromatic rings. The van der Waals surface area contributed by atoms with Crippen LogP contribution in [0.25, 0.3) is 0 Å². The maximum atomic E-state index is 14.9. The summed E-state index contributed by atoms with van der Waals surface area (Å²) in [5.74, 6) is 0.161. The summed E-state index contributed by atoms with van der Waals surface area (Å²) in [6, 6.07) is 40.8. The fraction of sp³-hybridized carbons (Fsp3) is 0.452. The molecule has 5 aromatic carbocycles. The lowest BCUT2D eigenvalue weighted by molar-refractivity contribution is -0.144. The molecule has 0 aromatic heterocycles.